The molecule has 0 heterocycles. The number of rotatable bonds is 3. The van der Waals surface area contributed by atoms with Crippen molar-refractivity contribution < 1.29 is 4.74 Å². The molecule has 1 aliphatic carbocycles. The van der Waals surface area contributed by atoms with Gasteiger partial charge in [0.15, 0.2) is 0 Å². The van der Waals surface area contributed by atoms with Gasteiger partial charge in [-0.3, -0.25) is 0 Å². The molecule has 0 bridgehead atoms. The van der Waals surface area contributed by atoms with Crippen molar-refractivity contribution in [1.82, 2.24) is 0 Å². The molecular weight excluding hydrogens is 196 g/mol. The summed E-state index contributed by atoms with van der Waals surface area (Å²) in [6.45, 7) is 2.81. The van der Waals surface area contributed by atoms with Crippen molar-refractivity contribution >= 4 is 11.6 Å². The maximum atomic E-state index is 6.48. The lowest BCUT2D eigenvalue weighted by molar-refractivity contribution is -0.0152. The molecule has 0 atom stereocenters. The number of ether oxygens (including phenoxy) is 1. The van der Waals surface area contributed by atoms with Crippen LogP contribution in [-0.2, 0) is 9.61 Å². The Morgan fingerprint density at radius 1 is 1.36 bits per heavy atom. The highest BCUT2D eigenvalue weighted by atomic mass is 35.5. The molecule has 0 spiro atoms. The van der Waals surface area contributed by atoms with E-state index in [0.717, 1.165) is 19.4 Å². The third kappa shape index (κ3) is 1.79. The predicted molar refractivity (Wildman–Crippen MR) is 58.6 cm³/mol. The Labute approximate surface area is 90.0 Å². The number of alkyl halides is 1. The van der Waals surface area contributed by atoms with E-state index in [-0.39, 0.29) is 4.87 Å². The summed E-state index contributed by atoms with van der Waals surface area (Å²) >= 11 is 6.48. The molecule has 0 amide bonds. The molecule has 0 N–H and O–H groups in total. The smallest absolute Gasteiger partial charge is 0.0744 e. The van der Waals surface area contributed by atoms with E-state index in [1.807, 2.05) is 25.1 Å². The van der Waals surface area contributed by atoms with Crippen LogP contribution in [0.1, 0.15) is 25.3 Å². The van der Waals surface area contributed by atoms with Crippen molar-refractivity contribution in [3.8, 4) is 0 Å². The molecule has 0 saturated heterocycles. The molecule has 0 aliphatic heterocycles. The van der Waals surface area contributed by atoms with Crippen LogP contribution < -0.4 is 0 Å². The largest absolute Gasteiger partial charge is 0.378 e. The molecule has 2 rings (SSSR count). The van der Waals surface area contributed by atoms with Crippen LogP contribution in [0.15, 0.2) is 30.3 Å². The van der Waals surface area contributed by atoms with Crippen molar-refractivity contribution in [3.63, 3.8) is 0 Å². The van der Waals surface area contributed by atoms with Gasteiger partial charge < -0.3 is 4.74 Å². The third-order valence-corrected chi connectivity index (χ3v) is 3.32. The minimum absolute atomic E-state index is 0.166. The van der Waals surface area contributed by atoms with Gasteiger partial charge in [-0.25, -0.2) is 0 Å². The van der Waals surface area contributed by atoms with Crippen molar-refractivity contribution in [1.29, 1.82) is 0 Å². The molecule has 0 radical (unpaired) electrons. The standard InChI is InChI=1S/C12H15ClO/c1-2-14-11-8-12(13,9-11)10-6-4-3-5-7-10/h3-7,11H,2,8-9H2,1H3. The third-order valence-electron chi connectivity index (χ3n) is 2.80. The van der Waals surface area contributed by atoms with E-state index in [4.69, 9.17) is 16.3 Å². The molecule has 1 aliphatic rings. The summed E-state index contributed by atoms with van der Waals surface area (Å²) in [5, 5.41) is 0. The fourth-order valence-electron chi connectivity index (χ4n) is 1.99. The van der Waals surface area contributed by atoms with Gasteiger partial charge in [0.05, 0.1) is 11.0 Å². The summed E-state index contributed by atoms with van der Waals surface area (Å²) < 4.78 is 5.51. The van der Waals surface area contributed by atoms with Crippen molar-refractivity contribution in [2.45, 2.75) is 30.7 Å². The van der Waals surface area contributed by atoms with E-state index in [9.17, 15) is 0 Å². The summed E-state index contributed by atoms with van der Waals surface area (Å²) in [4.78, 5) is -0.166. The van der Waals surface area contributed by atoms with E-state index >= 15 is 0 Å². The van der Waals surface area contributed by atoms with E-state index in [1.165, 1.54) is 5.56 Å². The lowest BCUT2D eigenvalue weighted by atomic mass is 9.76. The lowest BCUT2D eigenvalue weighted by Crippen LogP contribution is -2.41. The molecule has 76 valence electrons. The Morgan fingerprint density at radius 2 is 2.00 bits per heavy atom. The first kappa shape index (κ1) is 10.0. The highest BCUT2D eigenvalue weighted by Gasteiger charge is 2.44. The van der Waals surface area contributed by atoms with Crippen LogP contribution >= 0.6 is 11.6 Å². The molecule has 14 heavy (non-hydrogen) atoms. The number of hydrogen-bond donors (Lipinski definition) is 0. The van der Waals surface area contributed by atoms with Crippen LogP contribution in [0, 0.1) is 0 Å². The molecule has 1 aromatic carbocycles. The fourth-order valence-corrected chi connectivity index (χ4v) is 2.46. The predicted octanol–water partition coefficient (Wildman–Crippen LogP) is 3.32. The Bertz CT molecular complexity index is 290. The lowest BCUT2D eigenvalue weighted by Gasteiger charge is -2.43. The average Bonchev–Trinajstić information content (AvgIpc) is 2.17. The van der Waals surface area contributed by atoms with Gasteiger partial charge >= 0.3 is 0 Å². The van der Waals surface area contributed by atoms with Crippen LogP contribution in [0.4, 0.5) is 0 Å². The zero-order chi connectivity index (χ0) is 10.0. The van der Waals surface area contributed by atoms with Crippen molar-refractivity contribution in [2.24, 2.45) is 0 Å². The topological polar surface area (TPSA) is 9.23 Å². The van der Waals surface area contributed by atoms with E-state index in [0.29, 0.717) is 6.10 Å². The second-order valence-electron chi connectivity index (χ2n) is 3.82. The van der Waals surface area contributed by atoms with Gasteiger partial charge in [-0.1, -0.05) is 30.3 Å². The molecule has 1 saturated carbocycles. The number of halogens is 1. The van der Waals surface area contributed by atoms with Crippen molar-refractivity contribution in [2.75, 3.05) is 6.61 Å². The van der Waals surface area contributed by atoms with Gasteiger partial charge in [-0.05, 0) is 25.3 Å². The highest BCUT2D eigenvalue weighted by Crippen LogP contribution is 2.48. The average molecular weight is 211 g/mol. The van der Waals surface area contributed by atoms with Gasteiger partial charge in [0.1, 0.15) is 0 Å². The zero-order valence-corrected chi connectivity index (χ0v) is 9.13. The molecule has 1 aromatic rings. The van der Waals surface area contributed by atoms with E-state index in [2.05, 4.69) is 12.1 Å². The number of hydrogen-bond acceptors (Lipinski definition) is 1. The number of benzene rings is 1. The van der Waals surface area contributed by atoms with E-state index in [1.54, 1.807) is 0 Å². The van der Waals surface area contributed by atoms with Crippen LogP contribution in [0.2, 0.25) is 0 Å². The van der Waals surface area contributed by atoms with Gasteiger partial charge in [-0.15, -0.1) is 11.6 Å². The van der Waals surface area contributed by atoms with Gasteiger partial charge in [0.25, 0.3) is 0 Å². The van der Waals surface area contributed by atoms with Gasteiger partial charge in [-0.2, -0.15) is 0 Å². The first-order valence-corrected chi connectivity index (χ1v) is 5.48. The Kier molecular flexibility index (Phi) is 2.80. The summed E-state index contributed by atoms with van der Waals surface area (Å²) in [5.74, 6) is 0. The fraction of sp³-hybridized carbons (Fsp3) is 0.500. The summed E-state index contributed by atoms with van der Waals surface area (Å²) in [5.41, 5.74) is 1.22. The zero-order valence-electron chi connectivity index (χ0n) is 8.37. The molecule has 1 nitrogen and oxygen atoms in total. The maximum absolute atomic E-state index is 6.48. The minimum Gasteiger partial charge on any atom is -0.378 e. The minimum atomic E-state index is -0.166. The first-order chi connectivity index (χ1) is 6.74. The second kappa shape index (κ2) is 3.92. The van der Waals surface area contributed by atoms with Crippen molar-refractivity contribution in [3.05, 3.63) is 35.9 Å². The Hall–Kier alpha value is -0.530. The first-order valence-electron chi connectivity index (χ1n) is 5.10. The Balaban J connectivity index is 2.01. The molecule has 1 fully saturated rings. The van der Waals surface area contributed by atoms with Gasteiger partial charge in [0, 0.05) is 6.61 Å². The molecule has 0 unspecified atom stereocenters. The SMILES string of the molecule is CCOC1CC(Cl)(c2ccccc2)C1. The molecule has 0 aromatic heterocycles. The Morgan fingerprint density at radius 3 is 2.57 bits per heavy atom. The highest BCUT2D eigenvalue weighted by molar-refractivity contribution is 6.24. The second-order valence-corrected chi connectivity index (χ2v) is 4.54. The van der Waals surface area contributed by atoms with E-state index < -0.39 is 0 Å². The van der Waals surface area contributed by atoms with Gasteiger partial charge in [0.2, 0.25) is 0 Å². The van der Waals surface area contributed by atoms with Crippen LogP contribution in [0.3, 0.4) is 0 Å². The summed E-state index contributed by atoms with van der Waals surface area (Å²) in [6.07, 6.45) is 2.23. The molecule has 2 heteroatoms. The van der Waals surface area contributed by atoms with Crippen LogP contribution in [0.5, 0.6) is 0 Å². The normalized spacial score (nSPS) is 31.1. The monoisotopic (exact) mass is 210 g/mol. The molecular formula is C12H15ClO. The van der Waals surface area contributed by atoms with Crippen LogP contribution in [0.25, 0.3) is 0 Å². The summed E-state index contributed by atoms with van der Waals surface area (Å²) in [6, 6.07) is 10.3. The van der Waals surface area contributed by atoms with Crippen LogP contribution in [-0.4, -0.2) is 12.7 Å². The summed E-state index contributed by atoms with van der Waals surface area (Å²) in [7, 11) is 0. The maximum Gasteiger partial charge on any atom is 0.0744 e. The quantitative estimate of drug-likeness (QED) is 0.696.